The average Bonchev–Trinajstić information content (AvgIpc) is 2.53. The highest BCUT2D eigenvalue weighted by atomic mass is 79.9. The monoisotopic (exact) mass is 433 g/mol. The Labute approximate surface area is 162 Å². The largest absolute Gasteiger partial charge is 0.416 e. The first kappa shape index (κ1) is 21.5. The van der Waals surface area contributed by atoms with Gasteiger partial charge in [-0.25, -0.2) is 0 Å². The van der Waals surface area contributed by atoms with Crippen LogP contribution in [0, 0.1) is 12.3 Å². The lowest BCUT2D eigenvalue weighted by Gasteiger charge is -2.32. The summed E-state index contributed by atoms with van der Waals surface area (Å²) in [6.07, 6.45) is -2.34. The first-order valence-corrected chi connectivity index (χ1v) is 9.65. The van der Waals surface area contributed by atoms with Crippen molar-refractivity contribution in [1.82, 2.24) is 5.32 Å². The SMILES string of the molecule is Cc1cc([C@@H](O)[C@H](C)NCC2=C(Br)CCC(C)(C)C2)cc(C(F)(F)F)c1. The molecule has 2 nitrogen and oxygen atoms in total. The Hall–Kier alpha value is -0.850. The van der Waals surface area contributed by atoms with Crippen LogP contribution >= 0.6 is 15.9 Å². The van der Waals surface area contributed by atoms with Crippen molar-refractivity contribution in [3.8, 4) is 0 Å². The number of hydrogen-bond donors (Lipinski definition) is 2. The second kappa shape index (κ2) is 8.03. The third-order valence-corrected chi connectivity index (χ3v) is 5.93. The molecule has 2 rings (SSSR count). The fourth-order valence-corrected chi connectivity index (χ4v) is 3.86. The van der Waals surface area contributed by atoms with Crippen LogP contribution in [0.2, 0.25) is 0 Å². The fourth-order valence-electron chi connectivity index (χ4n) is 3.38. The smallest absolute Gasteiger partial charge is 0.387 e. The predicted octanol–water partition coefficient (Wildman–Crippen LogP) is 5.88. The van der Waals surface area contributed by atoms with E-state index in [-0.39, 0.29) is 17.0 Å². The number of rotatable bonds is 5. The van der Waals surface area contributed by atoms with Gasteiger partial charge >= 0.3 is 6.18 Å². The first-order valence-electron chi connectivity index (χ1n) is 8.86. The molecule has 26 heavy (non-hydrogen) atoms. The first-order chi connectivity index (χ1) is 11.9. The van der Waals surface area contributed by atoms with Crippen LogP contribution in [0.15, 0.2) is 28.3 Å². The van der Waals surface area contributed by atoms with E-state index in [1.807, 2.05) is 0 Å². The standard InChI is InChI=1S/C20H27BrF3NO/c1-12-7-14(9-16(8-12)20(22,23)24)18(26)13(2)25-11-15-10-19(3,4)6-5-17(15)21/h7-9,13,18,25-26H,5-6,10-11H2,1-4H3/t13-,18-/m0/s1. The molecule has 0 fully saturated rings. The minimum atomic E-state index is -4.42. The number of aliphatic hydroxyl groups is 1. The summed E-state index contributed by atoms with van der Waals surface area (Å²) in [7, 11) is 0. The summed E-state index contributed by atoms with van der Waals surface area (Å²) < 4.78 is 40.2. The molecule has 2 N–H and O–H groups in total. The van der Waals surface area contributed by atoms with Crippen molar-refractivity contribution in [2.24, 2.45) is 5.41 Å². The van der Waals surface area contributed by atoms with Crippen molar-refractivity contribution < 1.29 is 18.3 Å². The summed E-state index contributed by atoms with van der Waals surface area (Å²) in [5.74, 6) is 0. The second-order valence-electron chi connectivity index (χ2n) is 8.09. The number of halogens is 4. The van der Waals surface area contributed by atoms with Crippen molar-refractivity contribution in [1.29, 1.82) is 0 Å². The molecule has 0 saturated heterocycles. The molecule has 1 aliphatic carbocycles. The Bertz CT molecular complexity index is 682. The number of aryl methyl sites for hydroxylation is 1. The molecular formula is C20H27BrF3NO. The van der Waals surface area contributed by atoms with Gasteiger partial charge in [-0.15, -0.1) is 0 Å². The number of alkyl halides is 3. The molecule has 146 valence electrons. The normalized spacial score (nSPS) is 20.2. The van der Waals surface area contributed by atoms with Gasteiger partial charge in [-0.05, 0) is 66.3 Å². The number of benzene rings is 1. The predicted molar refractivity (Wildman–Crippen MR) is 102 cm³/mol. The van der Waals surface area contributed by atoms with Gasteiger partial charge in [-0.1, -0.05) is 41.4 Å². The van der Waals surface area contributed by atoms with Gasteiger partial charge in [-0.3, -0.25) is 0 Å². The fraction of sp³-hybridized carbons (Fsp3) is 0.600. The van der Waals surface area contributed by atoms with Crippen molar-refractivity contribution in [3.63, 3.8) is 0 Å². The van der Waals surface area contributed by atoms with Crippen molar-refractivity contribution in [2.45, 2.75) is 65.3 Å². The Morgan fingerprint density at radius 1 is 1.27 bits per heavy atom. The molecule has 2 atom stereocenters. The van der Waals surface area contributed by atoms with E-state index in [1.54, 1.807) is 19.9 Å². The molecule has 0 saturated carbocycles. The topological polar surface area (TPSA) is 32.3 Å². The number of nitrogens with one attached hydrogen (secondary N) is 1. The highest BCUT2D eigenvalue weighted by Crippen LogP contribution is 2.40. The molecule has 0 heterocycles. The zero-order valence-corrected chi connectivity index (χ0v) is 17.3. The zero-order chi connectivity index (χ0) is 19.7. The van der Waals surface area contributed by atoms with E-state index in [4.69, 9.17) is 0 Å². The van der Waals surface area contributed by atoms with Gasteiger partial charge in [0.05, 0.1) is 11.7 Å². The van der Waals surface area contributed by atoms with E-state index in [2.05, 4.69) is 35.1 Å². The van der Waals surface area contributed by atoms with Crippen LogP contribution in [-0.4, -0.2) is 17.7 Å². The van der Waals surface area contributed by atoms with E-state index >= 15 is 0 Å². The van der Waals surface area contributed by atoms with Crippen molar-refractivity contribution in [3.05, 3.63) is 44.9 Å². The van der Waals surface area contributed by atoms with Crippen LogP contribution in [0.3, 0.4) is 0 Å². The summed E-state index contributed by atoms with van der Waals surface area (Å²) in [6.45, 7) is 8.48. The zero-order valence-electron chi connectivity index (χ0n) is 15.7. The summed E-state index contributed by atoms with van der Waals surface area (Å²) in [5, 5.41) is 13.8. The molecule has 0 aliphatic heterocycles. The Balaban J connectivity index is 2.08. The quantitative estimate of drug-likeness (QED) is 0.606. The second-order valence-corrected chi connectivity index (χ2v) is 9.05. The summed E-state index contributed by atoms with van der Waals surface area (Å²) in [5.41, 5.74) is 1.56. The van der Waals surface area contributed by atoms with E-state index in [0.29, 0.717) is 12.1 Å². The van der Waals surface area contributed by atoms with Crippen molar-refractivity contribution in [2.75, 3.05) is 6.54 Å². The molecule has 1 aromatic carbocycles. The van der Waals surface area contributed by atoms with Crippen molar-refractivity contribution >= 4 is 15.9 Å². The van der Waals surface area contributed by atoms with Gasteiger partial charge in [-0.2, -0.15) is 13.2 Å². The van der Waals surface area contributed by atoms with E-state index in [0.717, 1.165) is 31.4 Å². The van der Waals surface area contributed by atoms with Gasteiger partial charge in [0.25, 0.3) is 0 Å². The van der Waals surface area contributed by atoms with Crippen LogP contribution in [0.5, 0.6) is 0 Å². The molecule has 0 unspecified atom stereocenters. The van der Waals surface area contributed by atoms with Gasteiger partial charge < -0.3 is 10.4 Å². The molecule has 1 aromatic rings. The molecule has 0 aromatic heterocycles. The van der Waals surface area contributed by atoms with E-state index in [9.17, 15) is 18.3 Å². The van der Waals surface area contributed by atoms with Crippen LogP contribution < -0.4 is 5.32 Å². The van der Waals surface area contributed by atoms with Crippen LogP contribution in [0.1, 0.15) is 62.8 Å². The van der Waals surface area contributed by atoms with Crippen LogP contribution in [0.25, 0.3) is 0 Å². The van der Waals surface area contributed by atoms with E-state index in [1.165, 1.54) is 10.1 Å². The maximum atomic E-state index is 13.0. The molecule has 0 bridgehead atoms. The van der Waals surface area contributed by atoms with Crippen LogP contribution in [0.4, 0.5) is 13.2 Å². The Morgan fingerprint density at radius 2 is 1.92 bits per heavy atom. The molecule has 0 amide bonds. The lowest BCUT2D eigenvalue weighted by Crippen LogP contribution is -2.35. The summed E-state index contributed by atoms with van der Waals surface area (Å²) in [4.78, 5) is 0. The lowest BCUT2D eigenvalue weighted by atomic mass is 9.77. The average molecular weight is 434 g/mol. The molecule has 1 aliphatic rings. The minimum Gasteiger partial charge on any atom is -0.387 e. The van der Waals surface area contributed by atoms with Gasteiger partial charge in [0.2, 0.25) is 0 Å². The van der Waals surface area contributed by atoms with Gasteiger partial charge in [0.15, 0.2) is 0 Å². The molecule has 6 heteroatoms. The lowest BCUT2D eigenvalue weighted by molar-refractivity contribution is -0.137. The Kier molecular flexibility index (Phi) is 6.62. The maximum absolute atomic E-state index is 13.0. The molecular weight excluding hydrogens is 407 g/mol. The number of hydrogen-bond acceptors (Lipinski definition) is 2. The summed E-state index contributed by atoms with van der Waals surface area (Å²) >= 11 is 3.63. The number of aliphatic hydroxyl groups excluding tert-OH is 1. The minimum absolute atomic E-state index is 0.244. The summed E-state index contributed by atoms with van der Waals surface area (Å²) in [6, 6.07) is 3.38. The maximum Gasteiger partial charge on any atom is 0.416 e. The van der Waals surface area contributed by atoms with E-state index < -0.39 is 17.8 Å². The molecule has 0 spiro atoms. The highest BCUT2D eigenvalue weighted by Gasteiger charge is 2.32. The van der Waals surface area contributed by atoms with Crippen LogP contribution in [-0.2, 0) is 6.18 Å². The third kappa shape index (κ3) is 5.57. The van der Waals surface area contributed by atoms with Gasteiger partial charge in [0.1, 0.15) is 0 Å². The third-order valence-electron chi connectivity index (χ3n) is 4.98. The Morgan fingerprint density at radius 3 is 2.54 bits per heavy atom. The number of allylic oxidation sites excluding steroid dienone is 1. The highest BCUT2D eigenvalue weighted by molar-refractivity contribution is 9.11. The van der Waals surface area contributed by atoms with Gasteiger partial charge in [0, 0.05) is 12.6 Å². The molecule has 0 radical (unpaired) electrons.